The summed E-state index contributed by atoms with van der Waals surface area (Å²) in [7, 11) is 0. The number of anilines is 1. The molecular weight excluding hydrogens is 372 g/mol. The van der Waals surface area contributed by atoms with Crippen LogP contribution in [-0.4, -0.2) is 53.9 Å². The molecule has 1 atom stereocenters. The Balaban J connectivity index is 1.61. The Labute approximate surface area is 168 Å². The Bertz CT molecular complexity index is 947. The summed E-state index contributed by atoms with van der Waals surface area (Å²) in [6.07, 6.45) is 1.72. The third kappa shape index (κ3) is 3.78. The van der Waals surface area contributed by atoms with Crippen LogP contribution in [0.4, 0.5) is 16.2 Å². The molecule has 2 saturated heterocycles. The Morgan fingerprint density at radius 3 is 2.59 bits per heavy atom. The molecule has 0 bridgehead atoms. The molecule has 0 spiro atoms. The minimum atomic E-state index is -0.441. The fourth-order valence-electron chi connectivity index (χ4n) is 4.10. The summed E-state index contributed by atoms with van der Waals surface area (Å²) in [6.45, 7) is 2.51. The Hall–Kier alpha value is -3.42. The van der Waals surface area contributed by atoms with E-state index in [4.69, 9.17) is 0 Å². The molecule has 0 radical (unpaired) electrons. The van der Waals surface area contributed by atoms with Crippen LogP contribution in [0, 0.1) is 10.1 Å². The van der Waals surface area contributed by atoms with Gasteiger partial charge >= 0.3 is 6.03 Å². The van der Waals surface area contributed by atoms with E-state index in [-0.39, 0.29) is 23.5 Å². The lowest BCUT2D eigenvalue weighted by molar-refractivity contribution is -0.384. The maximum atomic E-state index is 12.7. The molecule has 2 aliphatic heterocycles. The van der Waals surface area contributed by atoms with Crippen molar-refractivity contribution >= 4 is 23.2 Å². The predicted molar refractivity (Wildman–Crippen MR) is 108 cm³/mol. The number of carbonyl (C=O) groups is 2. The van der Waals surface area contributed by atoms with Gasteiger partial charge in [-0.2, -0.15) is 0 Å². The van der Waals surface area contributed by atoms with Gasteiger partial charge in [0.25, 0.3) is 5.69 Å². The summed E-state index contributed by atoms with van der Waals surface area (Å²) in [5.74, 6) is -0.245. The van der Waals surface area contributed by atoms with Gasteiger partial charge in [0.2, 0.25) is 0 Å². The number of hydrogen-bond donors (Lipinski definition) is 1. The van der Waals surface area contributed by atoms with E-state index in [1.54, 1.807) is 36.4 Å². The molecule has 2 aromatic rings. The van der Waals surface area contributed by atoms with Crippen molar-refractivity contribution in [2.24, 2.45) is 0 Å². The number of piperidine rings is 1. The fourth-order valence-corrected chi connectivity index (χ4v) is 4.10. The Morgan fingerprint density at radius 2 is 1.90 bits per heavy atom. The first kappa shape index (κ1) is 18.9. The number of nitrogens with zero attached hydrogens (tertiary/aromatic N) is 3. The van der Waals surface area contributed by atoms with Gasteiger partial charge in [-0.3, -0.25) is 14.9 Å². The number of nitrogens with one attached hydrogen (secondary N) is 1. The zero-order valence-electron chi connectivity index (χ0n) is 15.9. The van der Waals surface area contributed by atoms with E-state index in [0.717, 1.165) is 12.8 Å². The van der Waals surface area contributed by atoms with E-state index < -0.39 is 4.92 Å². The predicted octanol–water partition coefficient (Wildman–Crippen LogP) is 2.82. The van der Waals surface area contributed by atoms with Gasteiger partial charge in [0.1, 0.15) is 5.69 Å². The first-order chi connectivity index (χ1) is 14.0. The van der Waals surface area contributed by atoms with Crippen LogP contribution in [0.5, 0.6) is 0 Å². The van der Waals surface area contributed by atoms with E-state index >= 15 is 0 Å². The molecule has 2 fully saturated rings. The summed E-state index contributed by atoms with van der Waals surface area (Å²) in [5.41, 5.74) is 1.19. The van der Waals surface area contributed by atoms with Crippen molar-refractivity contribution in [3.8, 4) is 0 Å². The summed E-state index contributed by atoms with van der Waals surface area (Å²) in [5, 5.41) is 14.6. The minimum Gasteiger partial charge on any atom is -0.364 e. The number of urea groups is 1. The number of carbonyl (C=O) groups excluding carboxylic acids is 2. The zero-order valence-corrected chi connectivity index (χ0v) is 15.9. The van der Waals surface area contributed by atoms with E-state index in [1.165, 1.54) is 6.07 Å². The van der Waals surface area contributed by atoms with Gasteiger partial charge in [-0.1, -0.05) is 30.3 Å². The number of rotatable bonds is 5. The third-order valence-electron chi connectivity index (χ3n) is 5.54. The molecular formula is C21H22N4O4. The van der Waals surface area contributed by atoms with Crippen molar-refractivity contribution in [1.82, 2.24) is 10.2 Å². The number of amides is 2. The van der Waals surface area contributed by atoms with Crippen molar-refractivity contribution in [2.75, 3.05) is 31.1 Å². The molecule has 150 valence electrons. The molecule has 8 heteroatoms. The molecule has 0 aliphatic carbocycles. The molecule has 2 amide bonds. The number of benzene rings is 2. The monoisotopic (exact) mass is 394 g/mol. The highest BCUT2D eigenvalue weighted by atomic mass is 16.6. The smallest absolute Gasteiger partial charge is 0.317 e. The number of ketones is 1. The highest BCUT2D eigenvalue weighted by molar-refractivity contribution is 6.09. The maximum Gasteiger partial charge on any atom is 0.317 e. The van der Waals surface area contributed by atoms with Gasteiger partial charge in [0, 0.05) is 43.4 Å². The lowest BCUT2D eigenvalue weighted by atomic mass is 10.00. The lowest BCUT2D eigenvalue weighted by Gasteiger charge is -2.38. The summed E-state index contributed by atoms with van der Waals surface area (Å²) in [4.78, 5) is 39.8. The average Bonchev–Trinajstić information content (AvgIpc) is 3.19. The topological polar surface area (TPSA) is 95.8 Å². The van der Waals surface area contributed by atoms with Crippen LogP contribution >= 0.6 is 0 Å². The third-order valence-corrected chi connectivity index (χ3v) is 5.54. The second-order valence-corrected chi connectivity index (χ2v) is 7.32. The molecule has 2 aromatic carbocycles. The largest absolute Gasteiger partial charge is 0.364 e. The molecule has 2 aliphatic rings. The summed E-state index contributed by atoms with van der Waals surface area (Å²) in [6, 6.07) is 13.3. The summed E-state index contributed by atoms with van der Waals surface area (Å²) < 4.78 is 0. The normalized spacial score (nSPS) is 19.2. The fraction of sp³-hybridized carbons (Fsp3) is 0.333. The van der Waals surface area contributed by atoms with Crippen LogP contribution in [0.1, 0.15) is 28.8 Å². The van der Waals surface area contributed by atoms with E-state index in [0.29, 0.717) is 43.0 Å². The van der Waals surface area contributed by atoms with Crippen LogP contribution in [-0.2, 0) is 0 Å². The maximum absolute atomic E-state index is 12.7. The molecule has 2 heterocycles. The van der Waals surface area contributed by atoms with Gasteiger partial charge in [-0.15, -0.1) is 0 Å². The quantitative estimate of drug-likeness (QED) is 0.478. The number of nitro groups is 1. The van der Waals surface area contributed by atoms with Crippen molar-refractivity contribution in [2.45, 2.75) is 18.9 Å². The van der Waals surface area contributed by atoms with Crippen LogP contribution in [0.2, 0.25) is 0 Å². The van der Waals surface area contributed by atoms with Crippen molar-refractivity contribution in [1.29, 1.82) is 0 Å². The van der Waals surface area contributed by atoms with Gasteiger partial charge < -0.3 is 15.1 Å². The molecule has 0 aromatic heterocycles. The van der Waals surface area contributed by atoms with Crippen LogP contribution in [0.3, 0.4) is 0 Å². The van der Waals surface area contributed by atoms with Gasteiger partial charge in [0.15, 0.2) is 5.78 Å². The first-order valence-electron chi connectivity index (χ1n) is 9.72. The van der Waals surface area contributed by atoms with E-state index in [1.807, 2.05) is 15.9 Å². The van der Waals surface area contributed by atoms with Gasteiger partial charge in [-0.05, 0) is 25.0 Å². The zero-order chi connectivity index (χ0) is 20.4. The highest BCUT2D eigenvalue weighted by Gasteiger charge is 2.33. The van der Waals surface area contributed by atoms with E-state index in [2.05, 4.69) is 5.32 Å². The molecule has 1 N–H and O–H groups in total. The van der Waals surface area contributed by atoms with Crippen LogP contribution < -0.4 is 10.2 Å². The second kappa shape index (κ2) is 7.90. The second-order valence-electron chi connectivity index (χ2n) is 7.32. The van der Waals surface area contributed by atoms with Gasteiger partial charge in [-0.25, -0.2) is 4.79 Å². The molecule has 1 unspecified atom stereocenters. The Kier molecular flexibility index (Phi) is 5.16. The lowest BCUT2D eigenvalue weighted by Crippen LogP contribution is -2.49. The average molecular weight is 394 g/mol. The minimum absolute atomic E-state index is 0.0245. The van der Waals surface area contributed by atoms with E-state index in [9.17, 15) is 19.7 Å². The first-order valence-corrected chi connectivity index (χ1v) is 9.72. The van der Waals surface area contributed by atoms with Crippen LogP contribution in [0.25, 0.3) is 0 Å². The van der Waals surface area contributed by atoms with Gasteiger partial charge in [0.05, 0.1) is 11.0 Å². The molecule has 8 nitrogen and oxygen atoms in total. The number of nitro benzene ring substituents is 1. The van der Waals surface area contributed by atoms with Crippen molar-refractivity contribution in [3.05, 3.63) is 69.8 Å². The molecule has 29 heavy (non-hydrogen) atoms. The summed E-state index contributed by atoms with van der Waals surface area (Å²) >= 11 is 0. The van der Waals surface area contributed by atoms with Crippen molar-refractivity contribution in [3.63, 3.8) is 0 Å². The highest BCUT2D eigenvalue weighted by Crippen LogP contribution is 2.33. The van der Waals surface area contributed by atoms with Crippen LogP contribution in [0.15, 0.2) is 48.5 Å². The standard InChI is InChI=1S/C21H22N4O4/c26-20(15-5-2-1-3-6-15)16-8-9-18(19(13-16)25(28)29)23-11-4-7-17(14-23)24-12-10-22-21(24)27/h1-3,5-6,8-9,13,17H,4,7,10-12,14H2,(H,22,27). The SMILES string of the molecule is O=C(c1ccccc1)c1ccc(N2CCCC(N3CCNC3=O)C2)c([N+](=O)[O-])c1. The molecule has 0 saturated carbocycles. The Morgan fingerprint density at radius 1 is 1.10 bits per heavy atom. The van der Waals surface area contributed by atoms with Crippen molar-refractivity contribution < 1.29 is 14.5 Å². The number of hydrogen-bond acceptors (Lipinski definition) is 5. The molecule has 4 rings (SSSR count).